The van der Waals surface area contributed by atoms with Gasteiger partial charge >= 0.3 is 0 Å². The molecule has 0 spiro atoms. The van der Waals surface area contributed by atoms with E-state index >= 15 is 0 Å². The molecule has 0 bridgehead atoms. The average molecular weight is 256 g/mol. The summed E-state index contributed by atoms with van der Waals surface area (Å²) in [4.78, 5) is 11.5. The summed E-state index contributed by atoms with van der Waals surface area (Å²) in [5, 5.41) is 16.4. The van der Waals surface area contributed by atoms with Gasteiger partial charge in [-0.2, -0.15) is 0 Å². The van der Waals surface area contributed by atoms with Crippen molar-refractivity contribution in [2.24, 2.45) is 0 Å². The molecule has 2 rings (SSSR count). The maximum absolute atomic E-state index is 11.5. The molecule has 7 heteroatoms. The van der Waals surface area contributed by atoms with Gasteiger partial charge in [0.25, 0.3) is 0 Å². The second kappa shape index (κ2) is 6.28. The minimum atomic E-state index is -0.148. The van der Waals surface area contributed by atoms with E-state index in [4.69, 9.17) is 6.42 Å². The molecular formula is C12H12N6O. The molecule has 1 heterocycles. The number of benzene rings is 1. The second-order valence-electron chi connectivity index (χ2n) is 3.66. The van der Waals surface area contributed by atoms with Gasteiger partial charge in [0, 0.05) is 5.69 Å². The Balaban J connectivity index is 1.92. The molecule has 1 aromatic carbocycles. The molecule has 0 aliphatic carbocycles. The highest BCUT2D eigenvalue weighted by atomic mass is 16.1. The van der Waals surface area contributed by atoms with E-state index in [1.807, 2.05) is 0 Å². The number of terminal acetylenes is 1. The summed E-state index contributed by atoms with van der Waals surface area (Å²) >= 11 is 0. The summed E-state index contributed by atoms with van der Waals surface area (Å²) < 4.78 is 1.53. The zero-order chi connectivity index (χ0) is 13.5. The number of carbonyl (C=O) groups excluding carboxylic acids is 1. The first kappa shape index (κ1) is 12.7. The number of nitrogens with zero attached hydrogens (tertiary/aromatic N) is 4. The summed E-state index contributed by atoms with van der Waals surface area (Å²) in [6.07, 6.45) is 6.57. The van der Waals surface area contributed by atoms with Crippen molar-refractivity contribution in [1.29, 1.82) is 0 Å². The quantitative estimate of drug-likeness (QED) is 0.573. The van der Waals surface area contributed by atoms with Crippen molar-refractivity contribution in [3.63, 3.8) is 0 Å². The highest BCUT2D eigenvalue weighted by molar-refractivity contribution is 5.92. The van der Waals surface area contributed by atoms with Crippen molar-refractivity contribution in [1.82, 2.24) is 25.5 Å². The fraction of sp³-hybridized carbons (Fsp3) is 0.167. The van der Waals surface area contributed by atoms with Crippen LogP contribution < -0.4 is 10.6 Å². The van der Waals surface area contributed by atoms with E-state index in [2.05, 4.69) is 32.1 Å². The number of rotatable bonds is 5. The van der Waals surface area contributed by atoms with Crippen LogP contribution in [0.4, 0.5) is 5.69 Å². The van der Waals surface area contributed by atoms with Gasteiger partial charge < -0.3 is 5.32 Å². The summed E-state index contributed by atoms with van der Waals surface area (Å²) in [5.41, 5.74) is 1.51. The van der Waals surface area contributed by atoms with Crippen LogP contribution in [0.25, 0.3) is 5.69 Å². The van der Waals surface area contributed by atoms with Crippen LogP contribution in [0.5, 0.6) is 0 Å². The van der Waals surface area contributed by atoms with Crippen LogP contribution in [0.1, 0.15) is 0 Å². The number of amides is 1. The van der Waals surface area contributed by atoms with Gasteiger partial charge in [-0.05, 0) is 34.7 Å². The highest BCUT2D eigenvalue weighted by Gasteiger charge is 2.02. The fourth-order valence-corrected chi connectivity index (χ4v) is 1.43. The summed E-state index contributed by atoms with van der Waals surface area (Å²) in [6, 6.07) is 7.16. The number of carbonyl (C=O) groups is 1. The van der Waals surface area contributed by atoms with E-state index in [9.17, 15) is 4.79 Å². The van der Waals surface area contributed by atoms with Crippen LogP contribution >= 0.6 is 0 Å². The van der Waals surface area contributed by atoms with Crippen molar-refractivity contribution in [3.8, 4) is 18.0 Å². The van der Waals surface area contributed by atoms with Gasteiger partial charge in [0.15, 0.2) is 0 Å². The molecule has 2 aromatic rings. The monoisotopic (exact) mass is 256 g/mol. The van der Waals surface area contributed by atoms with Crippen LogP contribution in [0.15, 0.2) is 30.6 Å². The molecule has 0 aliphatic heterocycles. The lowest BCUT2D eigenvalue weighted by molar-refractivity contribution is -0.115. The lowest BCUT2D eigenvalue weighted by Crippen LogP contribution is -2.28. The number of hydrogen-bond acceptors (Lipinski definition) is 5. The Morgan fingerprint density at radius 3 is 2.79 bits per heavy atom. The van der Waals surface area contributed by atoms with Crippen LogP contribution in [0.2, 0.25) is 0 Å². The van der Waals surface area contributed by atoms with Crippen LogP contribution in [0.3, 0.4) is 0 Å². The Hall–Kier alpha value is -2.72. The van der Waals surface area contributed by atoms with Gasteiger partial charge in [-0.15, -0.1) is 11.5 Å². The molecule has 0 fully saturated rings. The van der Waals surface area contributed by atoms with Crippen LogP contribution in [0, 0.1) is 12.3 Å². The van der Waals surface area contributed by atoms with Gasteiger partial charge in [0.2, 0.25) is 5.91 Å². The topological polar surface area (TPSA) is 84.7 Å². The molecule has 1 aromatic heterocycles. The normalized spacial score (nSPS) is 9.84. The first-order valence-electron chi connectivity index (χ1n) is 5.57. The third-order valence-corrected chi connectivity index (χ3v) is 2.28. The molecule has 0 saturated heterocycles. The number of tetrazole rings is 1. The van der Waals surface area contributed by atoms with Crippen molar-refractivity contribution in [2.75, 3.05) is 18.4 Å². The molecule has 19 heavy (non-hydrogen) atoms. The molecule has 7 nitrogen and oxygen atoms in total. The Bertz CT molecular complexity index is 569. The van der Waals surface area contributed by atoms with Crippen molar-refractivity contribution in [3.05, 3.63) is 30.6 Å². The SMILES string of the molecule is C#CCNCC(=O)Nc1ccc(-n2cnnn2)cc1. The molecule has 96 valence electrons. The zero-order valence-corrected chi connectivity index (χ0v) is 10.1. The Morgan fingerprint density at radius 2 is 2.16 bits per heavy atom. The van der Waals surface area contributed by atoms with Gasteiger partial charge in [-0.3, -0.25) is 10.1 Å². The Labute approximate surface area is 110 Å². The average Bonchev–Trinajstić information content (AvgIpc) is 2.94. The van der Waals surface area contributed by atoms with Gasteiger partial charge in [-0.1, -0.05) is 5.92 Å². The molecule has 0 saturated carbocycles. The highest BCUT2D eigenvalue weighted by Crippen LogP contribution is 2.11. The Kier molecular flexibility index (Phi) is 4.21. The molecule has 0 unspecified atom stereocenters. The summed E-state index contributed by atoms with van der Waals surface area (Å²) in [6.45, 7) is 0.546. The maximum atomic E-state index is 11.5. The number of anilines is 1. The van der Waals surface area contributed by atoms with Crippen molar-refractivity contribution >= 4 is 11.6 Å². The molecule has 2 N–H and O–H groups in total. The van der Waals surface area contributed by atoms with E-state index in [0.29, 0.717) is 12.2 Å². The van der Waals surface area contributed by atoms with E-state index < -0.39 is 0 Å². The number of aromatic nitrogens is 4. The van der Waals surface area contributed by atoms with Gasteiger partial charge in [0.1, 0.15) is 6.33 Å². The maximum Gasteiger partial charge on any atom is 0.238 e. The smallest absolute Gasteiger partial charge is 0.238 e. The molecular weight excluding hydrogens is 244 g/mol. The van der Waals surface area contributed by atoms with E-state index in [1.165, 1.54) is 11.0 Å². The molecule has 0 atom stereocenters. The predicted molar refractivity (Wildman–Crippen MR) is 69.5 cm³/mol. The second-order valence-corrected chi connectivity index (χ2v) is 3.66. The number of nitrogens with one attached hydrogen (secondary N) is 2. The minimum absolute atomic E-state index is 0.148. The summed E-state index contributed by atoms with van der Waals surface area (Å²) in [7, 11) is 0. The van der Waals surface area contributed by atoms with E-state index in [-0.39, 0.29) is 12.5 Å². The van der Waals surface area contributed by atoms with Crippen LogP contribution in [-0.4, -0.2) is 39.2 Å². The molecule has 0 aliphatic rings. The standard InChI is InChI=1S/C12H12N6O/c1-2-7-13-8-12(19)15-10-3-5-11(6-4-10)18-9-14-16-17-18/h1,3-6,9,13H,7-8H2,(H,15,19). The van der Waals surface area contributed by atoms with Crippen molar-refractivity contribution in [2.45, 2.75) is 0 Å². The third kappa shape index (κ3) is 3.62. The van der Waals surface area contributed by atoms with Crippen LogP contribution in [-0.2, 0) is 4.79 Å². The van der Waals surface area contributed by atoms with E-state index in [1.54, 1.807) is 24.3 Å². The minimum Gasteiger partial charge on any atom is -0.325 e. The number of hydrogen-bond donors (Lipinski definition) is 2. The summed E-state index contributed by atoms with van der Waals surface area (Å²) in [5.74, 6) is 2.25. The lowest BCUT2D eigenvalue weighted by Gasteiger charge is -2.06. The first-order valence-corrected chi connectivity index (χ1v) is 5.57. The largest absolute Gasteiger partial charge is 0.325 e. The zero-order valence-electron chi connectivity index (χ0n) is 10.1. The Morgan fingerprint density at radius 1 is 1.37 bits per heavy atom. The van der Waals surface area contributed by atoms with Crippen molar-refractivity contribution < 1.29 is 4.79 Å². The molecule has 0 radical (unpaired) electrons. The molecule has 1 amide bonds. The van der Waals surface area contributed by atoms with Gasteiger partial charge in [-0.25, -0.2) is 4.68 Å². The third-order valence-electron chi connectivity index (χ3n) is 2.28. The van der Waals surface area contributed by atoms with E-state index in [0.717, 1.165) is 5.69 Å². The lowest BCUT2D eigenvalue weighted by atomic mass is 10.3. The fourth-order valence-electron chi connectivity index (χ4n) is 1.43. The predicted octanol–water partition coefficient (Wildman–Crippen LogP) is -0.176. The first-order chi connectivity index (χ1) is 9.29. The van der Waals surface area contributed by atoms with Gasteiger partial charge in [0.05, 0.1) is 18.8 Å².